The first-order valence-corrected chi connectivity index (χ1v) is 7.14. The van der Waals surface area contributed by atoms with Crippen LogP contribution < -0.4 is 4.72 Å². The molecule has 0 aromatic carbocycles. The molecular weight excluding hydrogens is 254 g/mol. The lowest BCUT2D eigenvalue weighted by Crippen LogP contribution is -2.13. The van der Waals surface area contributed by atoms with Gasteiger partial charge in [-0.2, -0.15) is 13.5 Å². The molecule has 0 aliphatic carbocycles. The topological polar surface area (TPSA) is 104 Å². The second-order valence-corrected chi connectivity index (χ2v) is 5.44. The summed E-state index contributed by atoms with van der Waals surface area (Å²) in [7, 11) is -3.65. The van der Waals surface area contributed by atoms with Crippen LogP contribution in [0.1, 0.15) is 25.4 Å². The van der Waals surface area contributed by atoms with E-state index in [9.17, 15) is 8.42 Å². The Morgan fingerprint density at radius 3 is 2.67 bits per heavy atom. The van der Waals surface area contributed by atoms with Crippen LogP contribution in [-0.4, -0.2) is 28.6 Å². The van der Waals surface area contributed by atoms with E-state index in [-0.39, 0.29) is 10.8 Å². The second kappa shape index (κ2) is 4.81. The quantitative estimate of drug-likeness (QED) is 0.755. The summed E-state index contributed by atoms with van der Waals surface area (Å²) >= 11 is 0. The summed E-state index contributed by atoms with van der Waals surface area (Å²) in [6.45, 7) is 3.85. The maximum Gasteiger partial charge on any atom is 0.280 e. The van der Waals surface area contributed by atoms with Crippen LogP contribution in [0.2, 0.25) is 0 Å². The van der Waals surface area contributed by atoms with Gasteiger partial charge in [0.05, 0.1) is 6.20 Å². The van der Waals surface area contributed by atoms with Gasteiger partial charge in [0.1, 0.15) is 5.82 Å². The number of sulfonamides is 1. The number of rotatable bonds is 5. The first-order chi connectivity index (χ1) is 8.55. The Kier molecular flexibility index (Phi) is 3.37. The first kappa shape index (κ1) is 12.6. The predicted molar refractivity (Wildman–Crippen MR) is 66.7 cm³/mol. The van der Waals surface area contributed by atoms with Crippen LogP contribution in [0.4, 0.5) is 5.82 Å². The smallest absolute Gasteiger partial charge is 0.280 e. The van der Waals surface area contributed by atoms with Gasteiger partial charge in [-0.05, 0) is 6.42 Å². The highest BCUT2D eigenvalue weighted by Crippen LogP contribution is 2.13. The summed E-state index contributed by atoms with van der Waals surface area (Å²) in [5, 5.41) is 6.66. The van der Waals surface area contributed by atoms with E-state index in [0.29, 0.717) is 12.2 Å². The number of H-pyrrole nitrogens is 2. The van der Waals surface area contributed by atoms with Crippen molar-refractivity contribution in [3.05, 3.63) is 23.8 Å². The van der Waals surface area contributed by atoms with Crippen molar-refractivity contribution in [2.75, 3.05) is 4.72 Å². The Bertz CT molecular complexity index is 628. The third-order valence-electron chi connectivity index (χ3n) is 2.48. The third kappa shape index (κ3) is 2.53. The van der Waals surface area contributed by atoms with E-state index < -0.39 is 10.0 Å². The number of aryl methyl sites for hydroxylation is 2. The van der Waals surface area contributed by atoms with Gasteiger partial charge in [-0.3, -0.25) is 9.82 Å². The lowest BCUT2D eigenvalue weighted by molar-refractivity contribution is 0.597. The molecule has 2 heterocycles. The minimum absolute atomic E-state index is 0.0420. The molecule has 8 heteroatoms. The van der Waals surface area contributed by atoms with Crippen LogP contribution in [0.5, 0.6) is 0 Å². The zero-order valence-electron chi connectivity index (χ0n) is 10.2. The first-order valence-electron chi connectivity index (χ1n) is 5.66. The Morgan fingerprint density at radius 2 is 2.11 bits per heavy atom. The molecule has 0 saturated heterocycles. The fourth-order valence-corrected chi connectivity index (χ4v) is 2.38. The van der Waals surface area contributed by atoms with E-state index in [2.05, 4.69) is 24.9 Å². The molecule has 7 nitrogen and oxygen atoms in total. The molecule has 0 unspecified atom stereocenters. The van der Waals surface area contributed by atoms with Gasteiger partial charge in [0.15, 0.2) is 10.8 Å². The highest BCUT2D eigenvalue weighted by atomic mass is 32.2. The van der Waals surface area contributed by atoms with Crippen molar-refractivity contribution >= 4 is 15.8 Å². The van der Waals surface area contributed by atoms with Gasteiger partial charge in [-0.25, -0.2) is 4.98 Å². The van der Waals surface area contributed by atoms with Crippen molar-refractivity contribution in [2.45, 2.75) is 31.7 Å². The van der Waals surface area contributed by atoms with Gasteiger partial charge < -0.3 is 4.98 Å². The van der Waals surface area contributed by atoms with Gasteiger partial charge in [0, 0.05) is 18.2 Å². The lowest BCUT2D eigenvalue weighted by atomic mass is 10.3. The summed E-state index contributed by atoms with van der Waals surface area (Å²) in [4.78, 5) is 6.71. The van der Waals surface area contributed by atoms with Crippen LogP contribution in [0.3, 0.4) is 0 Å². The Labute approximate surface area is 105 Å². The summed E-state index contributed by atoms with van der Waals surface area (Å²) < 4.78 is 26.4. The Balaban J connectivity index is 2.21. The second-order valence-electron chi connectivity index (χ2n) is 3.79. The fourth-order valence-electron chi connectivity index (χ4n) is 1.45. The molecule has 18 heavy (non-hydrogen) atoms. The highest BCUT2D eigenvalue weighted by molar-refractivity contribution is 7.92. The maximum absolute atomic E-state index is 12.0. The van der Waals surface area contributed by atoms with E-state index in [0.717, 1.165) is 12.1 Å². The molecule has 0 saturated carbocycles. The molecule has 0 amide bonds. The van der Waals surface area contributed by atoms with Crippen LogP contribution in [0, 0.1) is 0 Å². The van der Waals surface area contributed by atoms with Gasteiger partial charge >= 0.3 is 0 Å². The van der Waals surface area contributed by atoms with Crippen LogP contribution in [-0.2, 0) is 22.9 Å². The minimum atomic E-state index is -3.65. The van der Waals surface area contributed by atoms with Gasteiger partial charge in [0.25, 0.3) is 10.0 Å². The highest BCUT2D eigenvalue weighted by Gasteiger charge is 2.18. The molecule has 0 spiro atoms. The van der Waals surface area contributed by atoms with E-state index >= 15 is 0 Å². The molecule has 3 N–H and O–H groups in total. The third-order valence-corrected chi connectivity index (χ3v) is 3.74. The number of hydrogen-bond acceptors (Lipinski definition) is 4. The number of aromatic amines is 2. The molecule has 0 aliphatic rings. The number of imidazole rings is 1. The van der Waals surface area contributed by atoms with E-state index in [1.165, 1.54) is 6.20 Å². The molecule has 2 aromatic heterocycles. The Morgan fingerprint density at radius 1 is 1.33 bits per heavy atom. The summed E-state index contributed by atoms with van der Waals surface area (Å²) in [6, 6.07) is 1.66. The lowest BCUT2D eigenvalue weighted by Gasteiger charge is -2.01. The molecule has 0 fully saturated rings. The summed E-state index contributed by atoms with van der Waals surface area (Å²) in [5.41, 5.74) is 0.867. The van der Waals surface area contributed by atoms with E-state index in [1.54, 1.807) is 6.07 Å². The molecule has 0 radical (unpaired) electrons. The number of nitrogens with zero attached hydrogens (tertiary/aromatic N) is 2. The van der Waals surface area contributed by atoms with Crippen LogP contribution in [0.15, 0.2) is 17.3 Å². The summed E-state index contributed by atoms with van der Waals surface area (Å²) in [6.07, 6.45) is 2.71. The number of anilines is 1. The molecule has 0 bridgehead atoms. The predicted octanol–water partition coefficient (Wildman–Crippen LogP) is 1.06. The SMILES string of the molecule is CCc1cc(NS(=O)(=O)c2cnc(CC)[nH]2)n[nH]1. The van der Waals surface area contributed by atoms with Crippen molar-refractivity contribution < 1.29 is 8.42 Å². The molecule has 2 rings (SSSR count). The van der Waals surface area contributed by atoms with Crippen molar-refractivity contribution in [1.82, 2.24) is 20.2 Å². The molecule has 98 valence electrons. The van der Waals surface area contributed by atoms with E-state index in [1.807, 2.05) is 13.8 Å². The zero-order valence-corrected chi connectivity index (χ0v) is 11.0. The van der Waals surface area contributed by atoms with E-state index in [4.69, 9.17) is 0 Å². The Hall–Kier alpha value is -1.83. The maximum atomic E-state index is 12.0. The average molecular weight is 269 g/mol. The van der Waals surface area contributed by atoms with Crippen molar-refractivity contribution in [3.63, 3.8) is 0 Å². The zero-order chi connectivity index (χ0) is 13.2. The van der Waals surface area contributed by atoms with Gasteiger partial charge in [-0.1, -0.05) is 13.8 Å². The largest absolute Gasteiger partial charge is 0.332 e. The van der Waals surface area contributed by atoms with Crippen LogP contribution >= 0.6 is 0 Å². The van der Waals surface area contributed by atoms with Gasteiger partial charge in [0.2, 0.25) is 0 Å². The van der Waals surface area contributed by atoms with Crippen molar-refractivity contribution in [1.29, 1.82) is 0 Å². The van der Waals surface area contributed by atoms with Crippen molar-refractivity contribution in [2.24, 2.45) is 0 Å². The monoisotopic (exact) mass is 269 g/mol. The fraction of sp³-hybridized carbons (Fsp3) is 0.400. The standard InChI is InChI=1S/C10H15N5O2S/c1-3-7-5-9(14-13-7)15-18(16,17)10-6-11-8(4-2)12-10/h5-6H,3-4H2,1-2H3,(H,11,12)(H2,13,14,15). The average Bonchev–Trinajstić information content (AvgIpc) is 2.96. The number of aromatic nitrogens is 4. The van der Waals surface area contributed by atoms with Gasteiger partial charge in [-0.15, -0.1) is 0 Å². The normalized spacial score (nSPS) is 11.7. The van der Waals surface area contributed by atoms with Crippen LogP contribution in [0.25, 0.3) is 0 Å². The molecule has 2 aromatic rings. The number of hydrogen-bond donors (Lipinski definition) is 3. The molecular formula is C10H15N5O2S. The van der Waals surface area contributed by atoms with Crippen molar-refractivity contribution in [3.8, 4) is 0 Å². The number of nitrogens with one attached hydrogen (secondary N) is 3. The minimum Gasteiger partial charge on any atom is -0.332 e. The molecule has 0 aliphatic heterocycles. The molecule has 0 atom stereocenters. The summed E-state index contributed by atoms with van der Waals surface area (Å²) in [5.74, 6) is 0.908.